The van der Waals surface area contributed by atoms with E-state index in [4.69, 9.17) is 16.7 Å². The van der Waals surface area contributed by atoms with Crippen molar-refractivity contribution in [1.82, 2.24) is 14.7 Å². The lowest BCUT2D eigenvalue weighted by Gasteiger charge is -2.34. The first-order valence-electron chi connectivity index (χ1n) is 8.20. The van der Waals surface area contributed by atoms with E-state index in [-0.39, 0.29) is 23.4 Å². The Morgan fingerprint density at radius 3 is 2.56 bits per heavy atom. The monoisotopic (exact) mass is 381 g/mol. The predicted molar refractivity (Wildman–Crippen MR) is 96.5 cm³/mol. The molecule has 2 aromatic rings. The molecule has 0 radical (unpaired) electrons. The number of thiophene rings is 1. The molecular weight excluding hydrogens is 362 g/mol. The summed E-state index contributed by atoms with van der Waals surface area (Å²) >= 11 is 7.40. The Labute approximate surface area is 155 Å². The summed E-state index contributed by atoms with van der Waals surface area (Å²) in [6.45, 7) is 4.98. The molecule has 2 aromatic heterocycles. The summed E-state index contributed by atoms with van der Waals surface area (Å²) < 4.78 is 2.48. The number of carbonyl (C=O) groups excluding carboxylic acids is 1. The van der Waals surface area contributed by atoms with Gasteiger partial charge in [-0.3, -0.25) is 9.48 Å². The van der Waals surface area contributed by atoms with Gasteiger partial charge in [-0.15, -0.1) is 11.3 Å². The second-order valence-corrected chi connectivity index (χ2v) is 8.06. The van der Waals surface area contributed by atoms with Gasteiger partial charge < -0.3 is 10.0 Å². The summed E-state index contributed by atoms with van der Waals surface area (Å²) in [5.41, 5.74) is 0.903. The van der Waals surface area contributed by atoms with Gasteiger partial charge in [-0.05, 0) is 38.8 Å². The number of nitrogens with zero attached hydrogens (tertiary/aromatic N) is 3. The van der Waals surface area contributed by atoms with Crippen LogP contribution in [0, 0.1) is 6.92 Å². The van der Waals surface area contributed by atoms with E-state index in [1.165, 1.54) is 17.5 Å². The van der Waals surface area contributed by atoms with Crippen LogP contribution in [0.5, 0.6) is 0 Å². The quantitative estimate of drug-likeness (QED) is 0.878. The summed E-state index contributed by atoms with van der Waals surface area (Å²) in [6, 6.07) is 3.85. The molecule has 8 heteroatoms. The zero-order chi connectivity index (χ0) is 18.1. The number of rotatable bonds is 4. The number of carboxylic acid groups (broad SMARTS) is 1. The number of piperidine rings is 1. The molecule has 6 nitrogen and oxygen atoms in total. The van der Waals surface area contributed by atoms with Crippen molar-refractivity contribution in [3.05, 3.63) is 38.8 Å². The van der Waals surface area contributed by atoms with Crippen molar-refractivity contribution in [1.29, 1.82) is 0 Å². The topological polar surface area (TPSA) is 75.4 Å². The first kappa shape index (κ1) is 17.9. The summed E-state index contributed by atoms with van der Waals surface area (Å²) in [5.74, 6) is -1.04. The minimum Gasteiger partial charge on any atom is -0.478 e. The van der Waals surface area contributed by atoms with Crippen LogP contribution in [0.25, 0.3) is 0 Å². The fourth-order valence-corrected chi connectivity index (χ4v) is 4.39. The van der Waals surface area contributed by atoms with Crippen LogP contribution in [-0.4, -0.2) is 44.8 Å². The molecule has 0 spiro atoms. The van der Waals surface area contributed by atoms with Gasteiger partial charge in [-0.1, -0.05) is 11.6 Å². The van der Waals surface area contributed by atoms with E-state index < -0.39 is 5.97 Å². The summed E-state index contributed by atoms with van der Waals surface area (Å²) in [5, 5.41) is 13.4. The zero-order valence-electron chi connectivity index (χ0n) is 14.1. The third-order valence-corrected chi connectivity index (χ3v) is 6.20. The average molecular weight is 382 g/mol. The van der Waals surface area contributed by atoms with Crippen molar-refractivity contribution < 1.29 is 14.7 Å². The van der Waals surface area contributed by atoms with Gasteiger partial charge in [0.1, 0.15) is 5.56 Å². The highest BCUT2D eigenvalue weighted by molar-refractivity contribution is 7.16. The molecule has 1 aliphatic heterocycles. The van der Waals surface area contributed by atoms with E-state index in [1.807, 2.05) is 24.0 Å². The van der Waals surface area contributed by atoms with Crippen LogP contribution in [0.1, 0.15) is 52.7 Å². The Morgan fingerprint density at radius 1 is 1.36 bits per heavy atom. The SMILES string of the molecule is Cc1c(C(=O)O)cnn1C1CCN(C(=O)C(C)c2ccc(Cl)s2)CC1. The molecule has 134 valence electrons. The van der Waals surface area contributed by atoms with E-state index in [9.17, 15) is 9.59 Å². The fourth-order valence-electron chi connectivity index (χ4n) is 3.29. The summed E-state index contributed by atoms with van der Waals surface area (Å²) in [7, 11) is 0. The van der Waals surface area contributed by atoms with E-state index in [1.54, 1.807) is 11.6 Å². The molecule has 1 saturated heterocycles. The van der Waals surface area contributed by atoms with Gasteiger partial charge >= 0.3 is 5.97 Å². The minimum absolute atomic E-state index is 0.111. The van der Waals surface area contributed by atoms with Crippen molar-refractivity contribution in [2.45, 2.75) is 38.6 Å². The maximum atomic E-state index is 12.7. The van der Waals surface area contributed by atoms with E-state index in [0.29, 0.717) is 23.1 Å². The van der Waals surface area contributed by atoms with Gasteiger partial charge in [0, 0.05) is 18.0 Å². The van der Waals surface area contributed by atoms with Crippen LogP contribution < -0.4 is 0 Å². The second-order valence-electron chi connectivity index (χ2n) is 6.31. The molecule has 0 bridgehead atoms. The highest BCUT2D eigenvalue weighted by Crippen LogP contribution is 2.31. The molecule has 3 heterocycles. The first-order chi connectivity index (χ1) is 11.9. The van der Waals surface area contributed by atoms with Gasteiger partial charge in [-0.25, -0.2) is 4.79 Å². The van der Waals surface area contributed by atoms with E-state index >= 15 is 0 Å². The Bertz CT molecular complexity index is 793. The lowest BCUT2D eigenvalue weighted by atomic mass is 10.0. The van der Waals surface area contributed by atoms with Crippen LogP contribution in [0.15, 0.2) is 18.3 Å². The number of carbonyl (C=O) groups is 2. The Morgan fingerprint density at radius 2 is 2.04 bits per heavy atom. The normalized spacial score (nSPS) is 16.8. The standard InChI is InChI=1S/C17H20ClN3O3S/c1-10(14-3-4-15(18)25-14)16(22)20-7-5-12(6-8-20)21-11(2)13(9-19-21)17(23)24/h3-4,9-10,12H,5-8H2,1-2H3,(H,23,24). The van der Waals surface area contributed by atoms with Gasteiger partial charge in [0.15, 0.2) is 0 Å². The Kier molecular flexibility index (Phi) is 5.15. The van der Waals surface area contributed by atoms with E-state index in [2.05, 4.69) is 5.10 Å². The van der Waals surface area contributed by atoms with Gasteiger partial charge in [0.25, 0.3) is 0 Å². The maximum absolute atomic E-state index is 12.7. The molecule has 3 rings (SSSR count). The van der Waals surface area contributed by atoms with Crippen molar-refractivity contribution in [3.8, 4) is 0 Å². The molecular formula is C17H20ClN3O3S. The van der Waals surface area contributed by atoms with E-state index in [0.717, 1.165) is 17.7 Å². The largest absolute Gasteiger partial charge is 0.478 e. The molecule has 1 N–H and O–H groups in total. The van der Waals surface area contributed by atoms with Crippen molar-refractivity contribution >= 4 is 34.8 Å². The average Bonchev–Trinajstić information content (AvgIpc) is 3.19. The lowest BCUT2D eigenvalue weighted by molar-refractivity contribution is -0.133. The molecule has 0 saturated carbocycles. The third-order valence-electron chi connectivity index (χ3n) is 4.79. The summed E-state index contributed by atoms with van der Waals surface area (Å²) in [4.78, 5) is 26.7. The third kappa shape index (κ3) is 3.57. The molecule has 0 aromatic carbocycles. The lowest BCUT2D eigenvalue weighted by Crippen LogP contribution is -2.41. The van der Waals surface area contributed by atoms with Gasteiger partial charge in [0.05, 0.1) is 28.2 Å². The number of likely N-dealkylation sites (tertiary alicyclic amines) is 1. The van der Waals surface area contributed by atoms with Crippen molar-refractivity contribution in [3.63, 3.8) is 0 Å². The number of aromatic carboxylic acids is 1. The zero-order valence-corrected chi connectivity index (χ0v) is 15.7. The highest BCUT2D eigenvalue weighted by atomic mass is 35.5. The number of halogens is 1. The van der Waals surface area contributed by atoms with Gasteiger partial charge in [0.2, 0.25) is 5.91 Å². The Balaban J connectivity index is 1.63. The van der Waals surface area contributed by atoms with Crippen LogP contribution in [0.3, 0.4) is 0 Å². The smallest absolute Gasteiger partial charge is 0.339 e. The summed E-state index contributed by atoms with van der Waals surface area (Å²) in [6.07, 6.45) is 2.94. The maximum Gasteiger partial charge on any atom is 0.339 e. The van der Waals surface area contributed by atoms with Crippen molar-refractivity contribution in [2.24, 2.45) is 0 Å². The highest BCUT2D eigenvalue weighted by Gasteiger charge is 2.29. The molecule has 0 aliphatic carbocycles. The van der Waals surface area contributed by atoms with Crippen LogP contribution in [-0.2, 0) is 4.79 Å². The molecule has 1 fully saturated rings. The number of amides is 1. The second kappa shape index (κ2) is 7.17. The number of hydrogen-bond donors (Lipinski definition) is 1. The number of hydrogen-bond acceptors (Lipinski definition) is 4. The van der Waals surface area contributed by atoms with Crippen LogP contribution in [0.4, 0.5) is 0 Å². The van der Waals surface area contributed by atoms with Gasteiger partial charge in [-0.2, -0.15) is 5.10 Å². The number of carboxylic acids is 1. The van der Waals surface area contributed by atoms with Crippen LogP contribution in [0.2, 0.25) is 4.34 Å². The molecule has 1 amide bonds. The fraction of sp³-hybridized carbons (Fsp3) is 0.471. The van der Waals surface area contributed by atoms with Crippen LogP contribution >= 0.6 is 22.9 Å². The molecule has 1 atom stereocenters. The molecule has 1 aliphatic rings. The number of aromatic nitrogens is 2. The first-order valence-corrected chi connectivity index (χ1v) is 9.39. The Hall–Kier alpha value is -1.86. The van der Waals surface area contributed by atoms with Crippen molar-refractivity contribution in [2.75, 3.05) is 13.1 Å². The molecule has 25 heavy (non-hydrogen) atoms. The predicted octanol–water partition coefficient (Wildman–Crippen LogP) is 3.57. The molecule has 1 unspecified atom stereocenters. The minimum atomic E-state index is -0.959.